The smallest absolute Gasteiger partial charge is 1.00 e. The Labute approximate surface area is 387 Å². The molecule has 321 valence electrons. The average Bonchev–Trinajstić information content (AvgIpc) is 3.20. The number of aromatic hydroxyl groups is 6. The number of benzene rings is 6. The fraction of sp³-hybridized carbons (Fsp3) is 0.229. The van der Waals surface area contributed by atoms with Crippen LogP contribution in [-0.4, -0.2) is 74.9 Å². The molecule has 1 unspecified atom stereocenters. The van der Waals surface area contributed by atoms with Gasteiger partial charge in [-0.15, -0.1) is 0 Å². The van der Waals surface area contributed by atoms with Crippen LogP contribution in [0.25, 0.3) is 0 Å². The van der Waals surface area contributed by atoms with Gasteiger partial charge < -0.3 is 56.5 Å². The van der Waals surface area contributed by atoms with Crippen molar-refractivity contribution in [2.45, 2.75) is 52.2 Å². The summed E-state index contributed by atoms with van der Waals surface area (Å²) in [6.45, 7) is 0.908. The number of aliphatic hydroxyl groups excluding tert-OH is 2. The van der Waals surface area contributed by atoms with E-state index in [2.05, 4.69) is 0 Å². The first-order chi connectivity index (χ1) is 27.4. The number of aliphatic hydroxyl groups is 2. The number of hydrogen-bond acceptors (Lipinski definition) is 12. The topological polar surface area (TPSA) is 207 Å². The summed E-state index contributed by atoms with van der Waals surface area (Å²) < 4.78 is 16.7. The minimum absolute atomic E-state index is 0. The zero-order chi connectivity index (χ0) is 40.2. The molecule has 9 rings (SSSR count). The Morgan fingerprint density at radius 3 is 1.16 bits per heavy atom. The third-order valence-corrected chi connectivity index (χ3v) is 10.1. The second-order valence-corrected chi connectivity index (χ2v) is 13.9. The van der Waals surface area contributed by atoms with Crippen LogP contribution in [0, 0.1) is 0 Å². The summed E-state index contributed by atoms with van der Waals surface area (Å²) in [4.78, 5) is 12.4. The molecule has 6 aromatic carbocycles. The summed E-state index contributed by atoms with van der Waals surface area (Å²) in [5, 5.41) is 76.8. The van der Waals surface area contributed by atoms with Gasteiger partial charge in [-0.2, -0.15) is 0 Å². The maximum atomic E-state index is 12.4. The molecule has 62 heavy (non-hydrogen) atoms. The summed E-state index contributed by atoms with van der Waals surface area (Å²) in [5.41, 5.74) is 4.43. The Bertz CT molecular complexity index is 2260. The first-order valence-corrected chi connectivity index (χ1v) is 18.1. The molecule has 12 nitrogen and oxygen atoms in total. The molecule has 0 fully saturated rings. The van der Waals surface area contributed by atoms with Crippen LogP contribution in [0.4, 0.5) is 0 Å². The van der Waals surface area contributed by atoms with Crippen LogP contribution in [-0.2, 0) is 0 Å². The van der Waals surface area contributed by atoms with Gasteiger partial charge in [-0.3, -0.25) is 4.79 Å². The summed E-state index contributed by atoms with van der Waals surface area (Å²) in [6.07, 6.45) is -1.37. The van der Waals surface area contributed by atoms with Gasteiger partial charge in [0.05, 0.1) is 36.9 Å². The number of phenolic OH excluding ortho intramolecular Hbond substituents is 6. The van der Waals surface area contributed by atoms with E-state index < -0.39 is 12.2 Å². The molecule has 14 heteroatoms. The Balaban J connectivity index is 0.000000451. The van der Waals surface area contributed by atoms with E-state index in [1.54, 1.807) is 91.0 Å². The van der Waals surface area contributed by atoms with Gasteiger partial charge in [-0.1, -0.05) is 58.7 Å². The standard InChI is InChI=1S/2C15H14O4.C15H12O4.3CH4.B.Na.H/c3*16-10-3-1-9(2-4-10)13-8-19-14-7-11(17)5-6-12(14)15(13)18;;;;;;/h2*1-7,13,15-18H,8H2;1-7,13,16-17H,8H2;3*1H4;;;/q;;;;;;;+1;-1/t13-,15+;13-,15-;;;;;;;/m00......./s1. The molecule has 3 aliphatic heterocycles. The van der Waals surface area contributed by atoms with Gasteiger partial charge in [0.1, 0.15) is 58.4 Å². The first-order valence-electron chi connectivity index (χ1n) is 18.1. The van der Waals surface area contributed by atoms with Gasteiger partial charge in [-0.25, -0.2) is 0 Å². The maximum Gasteiger partial charge on any atom is 1.00 e. The van der Waals surface area contributed by atoms with Crippen LogP contribution in [0.1, 0.15) is 91.8 Å². The van der Waals surface area contributed by atoms with E-state index in [1.165, 1.54) is 36.4 Å². The van der Waals surface area contributed by atoms with Gasteiger partial charge in [0.2, 0.25) is 0 Å². The van der Waals surface area contributed by atoms with Crippen molar-refractivity contribution in [3.8, 4) is 51.7 Å². The molecule has 0 saturated carbocycles. The van der Waals surface area contributed by atoms with Gasteiger partial charge in [0, 0.05) is 49.6 Å². The molecule has 0 saturated heterocycles. The van der Waals surface area contributed by atoms with Gasteiger partial charge in [0.25, 0.3) is 0 Å². The zero-order valence-electron chi connectivity index (χ0n) is 32.9. The van der Waals surface area contributed by atoms with Crippen molar-refractivity contribution in [3.05, 3.63) is 161 Å². The second kappa shape index (κ2) is 22.9. The normalized spacial score (nSPS) is 18.6. The predicted molar refractivity (Wildman–Crippen MR) is 235 cm³/mol. The van der Waals surface area contributed by atoms with E-state index in [-0.39, 0.29) is 126 Å². The molecule has 3 aliphatic rings. The van der Waals surface area contributed by atoms with Crippen molar-refractivity contribution in [2.24, 2.45) is 0 Å². The van der Waals surface area contributed by atoms with E-state index in [0.717, 1.165) is 16.7 Å². The molecule has 3 radical (unpaired) electrons. The predicted octanol–water partition coefficient (Wildman–Crippen LogP) is 5.72. The minimum atomic E-state index is -0.686. The average molecular weight is 856 g/mol. The molecule has 0 spiro atoms. The Kier molecular flexibility index (Phi) is 19.3. The van der Waals surface area contributed by atoms with Crippen LogP contribution in [0.3, 0.4) is 0 Å². The Morgan fingerprint density at radius 2 is 0.758 bits per heavy atom. The maximum absolute atomic E-state index is 12.4. The summed E-state index contributed by atoms with van der Waals surface area (Å²) >= 11 is 0. The van der Waals surface area contributed by atoms with Gasteiger partial charge in [0.15, 0.2) is 5.78 Å². The molecule has 0 aromatic heterocycles. The molecule has 0 bridgehead atoms. The van der Waals surface area contributed by atoms with Gasteiger partial charge in [-0.05, 0) is 89.5 Å². The summed E-state index contributed by atoms with van der Waals surface area (Å²) in [7, 11) is 0. The third-order valence-electron chi connectivity index (χ3n) is 10.1. The fourth-order valence-electron chi connectivity index (χ4n) is 6.98. The zero-order valence-corrected chi connectivity index (χ0v) is 33.9. The monoisotopic (exact) mass is 855 g/mol. The van der Waals surface area contributed by atoms with Crippen molar-refractivity contribution in [1.82, 2.24) is 0 Å². The molecule has 0 aliphatic carbocycles. The molecular weight excluding hydrogens is 802 g/mol. The van der Waals surface area contributed by atoms with Gasteiger partial charge >= 0.3 is 29.6 Å². The van der Waals surface area contributed by atoms with Crippen molar-refractivity contribution >= 4 is 14.2 Å². The summed E-state index contributed by atoms with van der Waals surface area (Å²) in [5.74, 6) is 1.54. The third kappa shape index (κ3) is 11.8. The number of hydrogen-bond donors (Lipinski definition) is 8. The largest absolute Gasteiger partial charge is 1.00 e. The molecule has 6 aromatic rings. The van der Waals surface area contributed by atoms with Crippen LogP contribution in [0.5, 0.6) is 51.7 Å². The second-order valence-electron chi connectivity index (χ2n) is 13.9. The van der Waals surface area contributed by atoms with E-state index in [1.807, 2.05) is 0 Å². The molecule has 5 atom stereocenters. The number of Topliss-reactive ketones (excluding diaryl/α,β-unsaturated/α-hetero) is 1. The van der Waals surface area contributed by atoms with Crippen LogP contribution >= 0.6 is 0 Å². The molecular formula is C48H53BNaO12. The van der Waals surface area contributed by atoms with E-state index in [0.29, 0.717) is 47.2 Å². The van der Waals surface area contributed by atoms with E-state index >= 15 is 0 Å². The number of carbonyl (C=O) groups is 1. The van der Waals surface area contributed by atoms with Crippen LogP contribution < -0.4 is 43.8 Å². The number of ether oxygens (including phenoxy) is 3. The van der Waals surface area contributed by atoms with E-state index in [9.17, 15) is 45.6 Å². The fourth-order valence-corrected chi connectivity index (χ4v) is 6.98. The number of carbonyl (C=O) groups excluding carboxylic acids is 1. The number of fused-ring (bicyclic) bond motifs is 3. The van der Waals surface area contributed by atoms with Crippen molar-refractivity contribution in [1.29, 1.82) is 0 Å². The van der Waals surface area contributed by atoms with Crippen LogP contribution in [0.2, 0.25) is 0 Å². The Morgan fingerprint density at radius 1 is 0.435 bits per heavy atom. The van der Waals surface area contributed by atoms with Crippen molar-refractivity contribution in [2.75, 3.05) is 19.8 Å². The number of ketones is 1. The van der Waals surface area contributed by atoms with Crippen molar-refractivity contribution in [3.63, 3.8) is 0 Å². The quantitative estimate of drug-likeness (QED) is 0.101. The first kappa shape index (κ1) is 52.3. The summed E-state index contributed by atoms with van der Waals surface area (Å²) in [6, 6.07) is 33.9. The van der Waals surface area contributed by atoms with Crippen LogP contribution in [0.15, 0.2) is 127 Å². The molecule has 3 heterocycles. The van der Waals surface area contributed by atoms with Crippen molar-refractivity contribution < 1.29 is 90.8 Å². The number of phenols is 6. The SMILES string of the molecule is C.C.C.O=C1c2ccc(O)cc2OCC1c1ccc(O)cc1.Oc1ccc([C@@H]2COc3cc(O)ccc3[C@@H]2O)cc1.Oc1ccc([C@@H]2COc3cc(O)ccc3[C@H]2O)cc1.[B].[H-].[Na+]. The number of rotatable bonds is 3. The Hall–Kier alpha value is -5.83. The molecule has 0 amide bonds. The minimum Gasteiger partial charge on any atom is -1.00 e. The molecule has 8 N–H and O–H groups in total. The van der Waals surface area contributed by atoms with E-state index in [4.69, 9.17) is 14.2 Å².